The standard InChI is InChI=1S/C8H8F2N4/c9-8(10)7-6(13)5(12)3-4(14-7)1-2-11/h3,8H,1,13H2,(H2,12,14). The third kappa shape index (κ3) is 1.88. The molecule has 0 aliphatic heterocycles. The Hall–Kier alpha value is -1.90. The van der Waals surface area contributed by atoms with Crippen LogP contribution < -0.4 is 11.5 Å². The van der Waals surface area contributed by atoms with E-state index in [2.05, 4.69) is 4.98 Å². The summed E-state index contributed by atoms with van der Waals surface area (Å²) in [6.07, 6.45) is -2.85. The Balaban J connectivity index is 3.22. The van der Waals surface area contributed by atoms with Gasteiger partial charge in [-0.15, -0.1) is 0 Å². The van der Waals surface area contributed by atoms with Crippen molar-refractivity contribution in [1.82, 2.24) is 4.98 Å². The van der Waals surface area contributed by atoms with Gasteiger partial charge in [0.15, 0.2) is 0 Å². The van der Waals surface area contributed by atoms with Gasteiger partial charge < -0.3 is 11.5 Å². The van der Waals surface area contributed by atoms with Crippen LogP contribution in [0.25, 0.3) is 0 Å². The van der Waals surface area contributed by atoms with Crippen LogP contribution in [0.5, 0.6) is 0 Å². The number of rotatable bonds is 2. The zero-order valence-electron chi connectivity index (χ0n) is 7.17. The molecule has 0 saturated heterocycles. The van der Waals surface area contributed by atoms with E-state index in [0.29, 0.717) is 0 Å². The fourth-order valence-corrected chi connectivity index (χ4v) is 0.990. The van der Waals surface area contributed by atoms with Gasteiger partial charge in [0.2, 0.25) is 0 Å². The lowest BCUT2D eigenvalue weighted by molar-refractivity contribution is 0.147. The van der Waals surface area contributed by atoms with Gasteiger partial charge in [-0.05, 0) is 6.07 Å². The summed E-state index contributed by atoms with van der Waals surface area (Å²) < 4.78 is 24.7. The summed E-state index contributed by atoms with van der Waals surface area (Å²) in [7, 11) is 0. The van der Waals surface area contributed by atoms with Crippen molar-refractivity contribution in [3.63, 3.8) is 0 Å². The smallest absolute Gasteiger partial charge is 0.282 e. The van der Waals surface area contributed by atoms with Crippen LogP contribution in [0, 0.1) is 11.3 Å². The predicted octanol–water partition coefficient (Wildman–Crippen LogP) is 1.25. The fraction of sp³-hybridized carbons (Fsp3) is 0.250. The minimum atomic E-state index is -2.78. The molecule has 0 aliphatic carbocycles. The van der Waals surface area contributed by atoms with Gasteiger partial charge in [-0.2, -0.15) is 5.26 Å². The summed E-state index contributed by atoms with van der Waals surface area (Å²) in [5.74, 6) is 0. The highest BCUT2D eigenvalue weighted by atomic mass is 19.3. The van der Waals surface area contributed by atoms with Crippen molar-refractivity contribution in [2.75, 3.05) is 11.5 Å². The summed E-state index contributed by atoms with van der Waals surface area (Å²) in [5, 5.41) is 8.36. The molecule has 0 amide bonds. The molecule has 0 radical (unpaired) electrons. The van der Waals surface area contributed by atoms with E-state index in [9.17, 15) is 8.78 Å². The number of nitrogens with two attached hydrogens (primary N) is 2. The highest BCUT2D eigenvalue weighted by Crippen LogP contribution is 2.27. The molecule has 4 nitrogen and oxygen atoms in total. The molecule has 74 valence electrons. The fourth-order valence-electron chi connectivity index (χ4n) is 0.990. The number of halogens is 2. The Morgan fingerprint density at radius 1 is 1.50 bits per heavy atom. The van der Waals surface area contributed by atoms with Gasteiger partial charge in [0.05, 0.1) is 29.6 Å². The van der Waals surface area contributed by atoms with Crippen LogP contribution in [0.2, 0.25) is 0 Å². The second kappa shape index (κ2) is 3.87. The first-order chi connectivity index (χ1) is 6.56. The van der Waals surface area contributed by atoms with Gasteiger partial charge in [0, 0.05) is 0 Å². The first-order valence-electron chi connectivity index (χ1n) is 3.76. The molecule has 4 N–H and O–H groups in total. The zero-order valence-corrected chi connectivity index (χ0v) is 7.17. The normalized spacial score (nSPS) is 10.1. The van der Waals surface area contributed by atoms with E-state index in [4.69, 9.17) is 16.7 Å². The number of nitrogen functional groups attached to an aromatic ring is 2. The van der Waals surface area contributed by atoms with Crippen LogP contribution in [0.1, 0.15) is 17.8 Å². The van der Waals surface area contributed by atoms with Gasteiger partial charge in [-0.1, -0.05) is 0 Å². The first kappa shape index (κ1) is 10.2. The average molecular weight is 198 g/mol. The molecule has 1 rings (SSSR count). The highest BCUT2D eigenvalue weighted by Gasteiger charge is 2.16. The molecule has 0 bridgehead atoms. The molecule has 1 aromatic rings. The summed E-state index contributed by atoms with van der Waals surface area (Å²) >= 11 is 0. The number of hydrogen-bond acceptors (Lipinski definition) is 4. The van der Waals surface area contributed by atoms with E-state index >= 15 is 0 Å². The van der Waals surface area contributed by atoms with Gasteiger partial charge >= 0.3 is 0 Å². The number of pyridine rings is 1. The molecule has 0 aromatic carbocycles. The molecule has 6 heteroatoms. The maximum absolute atomic E-state index is 12.3. The summed E-state index contributed by atoms with van der Waals surface area (Å²) in [4.78, 5) is 3.54. The van der Waals surface area contributed by atoms with Crippen LogP contribution in [0.4, 0.5) is 20.2 Å². The molecule has 0 unspecified atom stereocenters. The van der Waals surface area contributed by atoms with Gasteiger partial charge in [-0.3, -0.25) is 0 Å². The summed E-state index contributed by atoms with van der Waals surface area (Å²) in [6, 6.07) is 3.12. The van der Waals surface area contributed by atoms with Gasteiger partial charge in [0.1, 0.15) is 5.69 Å². The number of nitrogens with zero attached hydrogens (tertiary/aromatic N) is 2. The molecule has 14 heavy (non-hydrogen) atoms. The van der Waals surface area contributed by atoms with Crippen molar-refractivity contribution in [3.8, 4) is 6.07 Å². The zero-order chi connectivity index (χ0) is 10.7. The summed E-state index contributed by atoms with van der Waals surface area (Å²) in [5.41, 5.74) is 10.1. The molecular formula is C8H8F2N4. The number of nitriles is 1. The van der Waals surface area contributed by atoms with Crippen molar-refractivity contribution >= 4 is 11.4 Å². The second-order valence-corrected chi connectivity index (χ2v) is 2.64. The number of hydrogen-bond donors (Lipinski definition) is 2. The van der Waals surface area contributed by atoms with E-state index in [1.807, 2.05) is 0 Å². The maximum atomic E-state index is 12.3. The van der Waals surface area contributed by atoms with Crippen LogP contribution in [0.15, 0.2) is 6.07 Å². The Bertz CT molecular complexity index is 384. The summed E-state index contributed by atoms with van der Waals surface area (Å²) in [6.45, 7) is 0. The van der Waals surface area contributed by atoms with Crippen LogP contribution in [0.3, 0.4) is 0 Å². The lowest BCUT2D eigenvalue weighted by atomic mass is 10.2. The van der Waals surface area contributed by atoms with E-state index in [0.717, 1.165) is 0 Å². The Morgan fingerprint density at radius 3 is 2.64 bits per heavy atom. The van der Waals surface area contributed by atoms with Crippen molar-refractivity contribution in [2.45, 2.75) is 12.8 Å². The van der Waals surface area contributed by atoms with Gasteiger partial charge in [-0.25, -0.2) is 13.8 Å². The molecule has 0 atom stereocenters. The molecule has 1 aromatic heterocycles. The molecular weight excluding hydrogens is 190 g/mol. The third-order valence-corrected chi connectivity index (χ3v) is 1.64. The molecule has 0 spiro atoms. The molecule has 0 fully saturated rings. The Labute approximate surface area is 79.1 Å². The number of anilines is 2. The third-order valence-electron chi connectivity index (χ3n) is 1.64. The number of alkyl halides is 2. The SMILES string of the molecule is N#CCc1cc(N)c(N)c(C(F)F)n1. The lowest BCUT2D eigenvalue weighted by Crippen LogP contribution is -2.05. The highest BCUT2D eigenvalue weighted by molar-refractivity contribution is 5.66. The van der Waals surface area contributed by atoms with E-state index in [1.165, 1.54) is 6.07 Å². The second-order valence-electron chi connectivity index (χ2n) is 2.64. The first-order valence-corrected chi connectivity index (χ1v) is 3.76. The quantitative estimate of drug-likeness (QED) is 0.748. The predicted molar refractivity (Wildman–Crippen MR) is 47.3 cm³/mol. The minimum absolute atomic E-state index is 0.0283. The monoisotopic (exact) mass is 198 g/mol. The van der Waals surface area contributed by atoms with Gasteiger partial charge in [0.25, 0.3) is 6.43 Å². The lowest BCUT2D eigenvalue weighted by Gasteiger charge is -2.07. The Morgan fingerprint density at radius 2 is 2.14 bits per heavy atom. The van der Waals surface area contributed by atoms with Crippen molar-refractivity contribution in [1.29, 1.82) is 5.26 Å². The average Bonchev–Trinajstić information content (AvgIpc) is 2.11. The van der Waals surface area contributed by atoms with Crippen LogP contribution in [-0.2, 0) is 6.42 Å². The van der Waals surface area contributed by atoms with E-state index < -0.39 is 12.1 Å². The van der Waals surface area contributed by atoms with E-state index in [-0.39, 0.29) is 23.5 Å². The van der Waals surface area contributed by atoms with Crippen LogP contribution in [-0.4, -0.2) is 4.98 Å². The topological polar surface area (TPSA) is 88.7 Å². The number of aromatic nitrogens is 1. The molecule has 1 heterocycles. The van der Waals surface area contributed by atoms with Crippen molar-refractivity contribution in [3.05, 3.63) is 17.5 Å². The van der Waals surface area contributed by atoms with Crippen LogP contribution >= 0.6 is 0 Å². The molecule has 0 saturated carbocycles. The maximum Gasteiger partial charge on any atom is 0.282 e. The largest absolute Gasteiger partial charge is 0.397 e. The van der Waals surface area contributed by atoms with Crippen molar-refractivity contribution in [2.24, 2.45) is 0 Å². The van der Waals surface area contributed by atoms with E-state index in [1.54, 1.807) is 6.07 Å². The Kier molecular flexibility index (Phi) is 2.82. The molecule has 0 aliphatic rings. The minimum Gasteiger partial charge on any atom is -0.397 e. The van der Waals surface area contributed by atoms with Crippen molar-refractivity contribution < 1.29 is 8.78 Å².